The first-order valence-corrected chi connectivity index (χ1v) is 11.8. The molecule has 2 N–H and O–H groups in total. The summed E-state index contributed by atoms with van der Waals surface area (Å²) >= 11 is 1.42. The number of carbonyl (C=O) groups excluding carboxylic acids is 2. The summed E-state index contributed by atoms with van der Waals surface area (Å²) in [5.41, 5.74) is 1.10. The fraction of sp³-hybridized carbons (Fsp3) is 0.333. The number of benzene rings is 2. The second-order valence-electron chi connectivity index (χ2n) is 7.93. The number of rotatable bonds is 8. The second-order valence-corrected chi connectivity index (χ2v) is 8.98. The molecule has 33 heavy (non-hydrogen) atoms. The van der Waals surface area contributed by atoms with Crippen molar-refractivity contribution in [3.63, 3.8) is 0 Å². The number of hydrogen-bond acceptors (Lipinski definition) is 6. The van der Waals surface area contributed by atoms with Gasteiger partial charge in [-0.15, -0.1) is 11.8 Å². The summed E-state index contributed by atoms with van der Waals surface area (Å²) in [6.45, 7) is 2.83. The van der Waals surface area contributed by atoms with Crippen molar-refractivity contribution < 1.29 is 14.3 Å². The molecule has 2 amide bonds. The van der Waals surface area contributed by atoms with Crippen molar-refractivity contribution in [3.05, 3.63) is 64.7 Å². The Morgan fingerprint density at radius 3 is 2.73 bits per heavy atom. The molecule has 8 nitrogen and oxygen atoms in total. The molecular weight excluding hydrogens is 440 g/mol. The van der Waals surface area contributed by atoms with Crippen molar-refractivity contribution in [3.8, 4) is 0 Å². The van der Waals surface area contributed by atoms with Gasteiger partial charge in [0.05, 0.1) is 29.3 Å². The molecule has 4 rings (SSSR count). The minimum atomic E-state index is -0.214. The van der Waals surface area contributed by atoms with Crippen molar-refractivity contribution in [2.24, 2.45) is 0 Å². The fourth-order valence-electron chi connectivity index (χ4n) is 3.75. The van der Waals surface area contributed by atoms with E-state index in [0.29, 0.717) is 35.6 Å². The van der Waals surface area contributed by atoms with Crippen LogP contribution in [0.1, 0.15) is 25.6 Å². The molecule has 1 aliphatic rings. The maximum Gasteiger partial charge on any atom is 0.258 e. The number of fused-ring (bicyclic) bond motifs is 1. The van der Waals surface area contributed by atoms with Crippen molar-refractivity contribution in [1.82, 2.24) is 14.9 Å². The van der Waals surface area contributed by atoms with Crippen LogP contribution in [0.15, 0.2) is 58.2 Å². The highest BCUT2D eigenvalue weighted by Crippen LogP contribution is 2.22. The maximum atomic E-state index is 13.1. The van der Waals surface area contributed by atoms with Gasteiger partial charge in [0.25, 0.3) is 5.56 Å². The predicted octanol–water partition coefficient (Wildman–Crippen LogP) is 3.18. The third-order valence-corrected chi connectivity index (χ3v) is 6.34. The molecular formula is C24H26N4O4S. The van der Waals surface area contributed by atoms with Crippen molar-refractivity contribution in [2.45, 2.75) is 37.3 Å². The molecule has 0 aliphatic carbocycles. The topological polar surface area (TPSA) is 104 Å². The molecule has 0 saturated carbocycles. The number of nitrogens with zero attached hydrogens (tertiary/aromatic N) is 2. The predicted molar refractivity (Wildman–Crippen MR) is 128 cm³/mol. The van der Waals surface area contributed by atoms with Crippen molar-refractivity contribution in [2.75, 3.05) is 24.2 Å². The van der Waals surface area contributed by atoms with Gasteiger partial charge >= 0.3 is 0 Å². The summed E-state index contributed by atoms with van der Waals surface area (Å²) in [5, 5.41) is 3.25. The van der Waals surface area contributed by atoms with Crippen LogP contribution in [0.5, 0.6) is 0 Å². The molecule has 1 aromatic heterocycles. The van der Waals surface area contributed by atoms with Gasteiger partial charge in [-0.05, 0) is 49.2 Å². The first kappa shape index (κ1) is 23.0. The Balaban J connectivity index is 1.46. The molecule has 1 aliphatic heterocycles. The van der Waals surface area contributed by atoms with Crippen LogP contribution in [0.3, 0.4) is 0 Å². The number of amides is 2. The normalized spacial score (nSPS) is 15.5. The molecule has 1 atom stereocenters. The van der Waals surface area contributed by atoms with E-state index in [0.717, 1.165) is 17.7 Å². The molecule has 1 fully saturated rings. The van der Waals surface area contributed by atoms with E-state index in [4.69, 9.17) is 4.74 Å². The molecule has 0 bridgehead atoms. The Bertz CT molecular complexity index is 1190. The molecule has 0 spiro atoms. The van der Waals surface area contributed by atoms with Crippen LogP contribution < -0.4 is 10.9 Å². The van der Waals surface area contributed by atoms with E-state index in [-0.39, 0.29) is 35.8 Å². The van der Waals surface area contributed by atoms with Gasteiger partial charge in [-0.25, -0.2) is 4.98 Å². The SMILES string of the molecule is CC(=O)Nc1ccc(SCC(=O)N(Cc2nc3ccccc3c(=O)[nH]2)CC2CCCO2)cc1. The van der Waals surface area contributed by atoms with Crippen LogP contribution in [-0.2, 0) is 20.9 Å². The second kappa shape index (κ2) is 10.6. The number of aromatic amines is 1. The molecule has 1 saturated heterocycles. The standard InChI is InChI=1S/C24H26N4O4S/c1-16(29)25-17-8-10-19(11-9-17)33-15-23(30)28(13-18-5-4-12-32-18)14-22-26-21-7-3-2-6-20(21)24(31)27-22/h2-3,6-11,18H,4-5,12-15H2,1H3,(H,25,29)(H,26,27,31). The van der Waals surface area contributed by atoms with E-state index in [1.165, 1.54) is 18.7 Å². The van der Waals surface area contributed by atoms with E-state index >= 15 is 0 Å². The Hall–Kier alpha value is -3.17. The van der Waals surface area contributed by atoms with Gasteiger partial charge < -0.3 is 19.9 Å². The lowest BCUT2D eigenvalue weighted by Gasteiger charge is -2.25. The molecule has 2 heterocycles. The molecule has 172 valence electrons. The Morgan fingerprint density at radius 1 is 1.21 bits per heavy atom. The minimum absolute atomic E-state index is 0.0110. The van der Waals surface area contributed by atoms with Gasteiger partial charge in [0.1, 0.15) is 5.82 Å². The fourth-order valence-corrected chi connectivity index (χ4v) is 4.55. The first-order chi connectivity index (χ1) is 16.0. The maximum absolute atomic E-state index is 13.1. The summed E-state index contributed by atoms with van der Waals surface area (Å²) in [6, 6.07) is 14.5. The van der Waals surface area contributed by atoms with Gasteiger partial charge in [0.2, 0.25) is 11.8 Å². The number of aromatic nitrogens is 2. The van der Waals surface area contributed by atoms with E-state index in [2.05, 4.69) is 15.3 Å². The number of anilines is 1. The van der Waals surface area contributed by atoms with Crippen molar-refractivity contribution >= 4 is 40.2 Å². The number of nitrogens with one attached hydrogen (secondary N) is 2. The van der Waals surface area contributed by atoms with Crippen LogP contribution in [0.2, 0.25) is 0 Å². The summed E-state index contributed by atoms with van der Waals surface area (Å²) in [6.07, 6.45) is 1.87. The van der Waals surface area contributed by atoms with Gasteiger partial charge in [0, 0.05) is 30.7 Å². The summed E-state index contributed by atoms with van der Waals surface area (Å²) in [7, 11) is 0. The Morgan fingerprint density at radius 2 is 2.00 bits per heavy atom. The number of carbonyl (C=O) groups is 2. The quantitative estimate of drug-likeness (QED) is 0.494. The van der Waals surface area contributed by atoms with Crippen LogP contribution in [0.25, 0.3) is 10.9 Å². The van der Waals surface area contributed by atoms with E-state index in [1.807, 2.05) is 30.3 Å². The highest BCUT2D eigenvalue weighted by atomic mass is 32.2. The lowest BCUT2D eigenvalue weighted by Crippen LogP contribution is -2.38. The first-order valence-electron chi connectivity index (χ1n) is 10.9. The van der Waals surface area contributed by atoms with Gasteiger partial charge in [-0.2, -0.15) is 0 Å². The molecule has 1 unspecified atom stereocenters. The molecule has 0 radical (unpaired) electrons. The van der Waals surface area contributed by atoms with Gasteiger partial charge in [-0.1, -0.05) is 12.1 Å². The highest BCUT2D eigenvalue weighted by Gasteiger charge is 2.23. The number of ether oxygens (including phenoxy) is 1. The monoisotopic (exact) mass is 466 g/mol. The number of hydrogen-bond donors (Lipinski definition) is 2. The Kier molecular flexibility index (Phi) is 7.41. The van der Waals surface area contributed by atoms with Crippen LogP contribution in [0, 0.1) is 0 Å². The van der Waals surface area contributed by atoms with Crippen molar-refractivity contribution in [1.29, 1.82) is 0 Å². The van der Waals surface area contributed by atoms with Crippen LogP contribution in [0.4, 0.5) is 5.69 Å². The van der Waals surface area contributed by atoms with E-state index < -0.39 is 0 Å². The largest absolute Gasteiger partial charge is 0.376 e. The third kappa shape index (κ3) is 6.21. The lowest BCUT2D eigenvalue weighted by atomic mass is 10.2. The Labute approximate surface area is 195 Å². The zero-order chi connectivity index (χ0) is 23.2. The summed E-state index contributed by atoms with van der Waals surface area (Å²) in [4.78, 5) is 46.8. The molecule has 3 aromatic rings. The zero-order valence-corrected chi connectivity index (χ0v) is 19.2. The van der Waals surface area contributed by atoms with Crippen LogP contribution in [-0.4, -0.2) is 51.7 Å². The lowest BCUT2D eigenvalue weighted by molar-refractivity contribution is -0.130. The smallest absolute Gasteiger partial charge is 0.258 e. The summed E-state index contributed by atoms with van der Waals surface area (Å²) < 4.78 is 5.75. The molecule has 2 aromatic carbocycles. The zero-order valence-electron chi connectivity index (χ0n) is 18.4. The average Bonchev–Trinajstić information content (AvgIpc) is 3.31. The highest BCUT2D eigenvalue weighted by molar-refractivity contribution is 8.00. The van der Waals surface area contributed by atoms with Crippen LogP contribution >= 0.6 is 11.8 Å². The van der Waals surface area contributed by atoms with Gasteiger partial charge in [0.15, 0.2) is 0 Å². The average molecular weight is 467 g/mol. The number of thioether (sulfide) groups is 1. The van der Waals surface area contributed by atoms with E-state index in [1.54, 1.807) is 23.1 Å². The molecule has 9 heteroatoms. The number of para-hydroxylation sites is 1. The minimum Gasteiger partial charge on any atom is -0.376 e. The number of H-pyrrole nitrogens is 1. The van der Waals surface area contributed by atoms with Gasteiger partial charge in [-0.3, -0.25) is 14.4 Å². The summed E-state index contributed by atoms with van der Waals surface area (Å²) in [5.74, 6) is 0.506. The van der Waals surface area contributed by atoms with E-state index in [9.17, 15) is 14.4 Å². The third-order valence-electron chi connectivity index (χ3n) is 5.34.